The maximum atomic E-state index is 7.10. The van der Waals surface area contributed by atoms with Gasteiger partial charge in [0, 0.05) is 61.2 Å². The summed E-state index contributed by atoms with van der Waals surface area (Å²) in [4.78, 5) is 1.04. The maximum Gasteiger partial charge on any atom is 0.317 e. The summed E-state index contributed by atoms with van der Waals surface area (Å²) in [5.41, 5.74) is 3.12. The fraction of sp³-hybridized carbons (Fsp3) is 0.282. The van der Waals surface area contributed by atoms with E-state index in [4.69, 9.17) is 13.8 Å². The van der Waals surface area contributed by atoms with Gasteiger partial charge in [0.05, 0.1) is 0 Å². The van der Waals surface area contributed by atoms with E-state index in [-0.39, 0.29) is 10.8 Å². The lowest BCUT2D eigenvalue weighted by Crippen LogP contribution is -2.14. The monoisotopic (exact) mass is 715 g/mol. The Bertz CT molecular complexity index is 1820. The summed E-state index contributed by atoms with van der Waals surface area (Å²) in [6.45, 7) is 17.4. The molecular weight excluding hydrogens is 666 g/mol. The Labute approximate surface area is 298 Å². The van der Waals surface area contributed by atoms with Gasteiger partial charge in [-0.2, -0.15) is 0 Å². The predicted molar refractivity (Wildman–Crippen MR) is 210 cm³/mol. The van der Waals surface area contributed by atoms with Crippen molar-refractivity contribution in [3.05, 3.63) is 139 Å². The molecule has 0 spiro atoms. The fourth-order valence-electron chi connectivity index (χ4n) is 4.97. The lowest BCUT2D eigenvalue weighted by atomic mass is 9.86. The number of benzene rings is 2. The van der Waals surface area contributed by atoms with Gasteiger partial charge in [-0.25, -0.2) is 0 Å². The van der Waals surface area contributed by atoms with Crippen LogP contribution in [0.15, 0.2) is 127 Å². The fourth-order valence-corrected chi connectivity index (χ4v) is 8.31. The van der Waals surface area contributed by atoms with Crippen molar-refractivity contribution in [1.29, 1.82) is 0 Å². The van der Waals surface area contributed by atoms with Crippen LogP contribution in [0, 0.1) is 6.92 Å². The minimum Gasteiger partial charge on any atom is -0.444 e. The number of hydrogen-bond acceptors (Lipinski definition) is 4. The van der Waals surface area contributed by atoms with E-state index in [1.165, 1.54) is 5.56 Å². The van der Waals surface area contributed by atoms with Gasteiger partial charge in [0.2, 0.25) is 5.75 Å². The molecule has 5 aromatic rings. The molecule has 0 fully saturated rings. The van der Waals surface area contributed by atoms with Gasteiger partial charge in [-0.3, -0.25) is 13.0 Å². The first-order valence-corrected chi connectivity index (χ1v) is 20.1. The number of allylic oxidation sites excluding steroid dienone is 3. The van der Waals surface area contributed by atoms with E-state index in [1.54, 1.807) is 0 Å². The van der Waals surface area contributed by atoms with Crippen LogP contribution in [0.4, 0.5) is 0 Å². The number of aryl methyl sites for hydroxylation is 1. The SMILES string of the molecule is C/C=C\C=C/NP(Oc1cc(C(C)(C)C)cc(C)c1Oc1c(OP(n2cccc2)n2cccc2)cc(C(C)(C)C)cc1[SH+]C)n1cccc1. The van der Waals surface area contributed by atoms with Gasteiger partial charge in [-0.15, -0.1) is 0 Å². The Balaban J connectivity index is 1.66. The summed E-state index contributed by atoms with van der Waals surface area (Å²) < 4.78 is 27.4. The number of nitrogens with one attached hydrogen (secondary N) is 1. The average molecular weight is 716 g/mol. The van der Waals surface area contributed by atoms with Crippen LogP contribution in [0.3, 0.4) is 0 Å². The van der Waals surface area contributed by atoms with Gasteiger partial charge in [0.25, 0.3) is 0 Å². The van der Waals surface area contributed by atoms with Gasteiger partial charge in [0.15, 0.2) is 22.1 Å². The molecule has 2 aromatic carbocycles. The lowest BCUT2D eigenvalue weighted by molar-refractivity contribution is 0.417. The second-order valence-corrected chi connectivity index (χ2v) is 17.7. The molecule has 49 heavy (non-hydrogen) atoms. The van der Waals surface area contributed by atoms with Crippen molar-refractivity contribution in [2.24, 2.45) is 0 Å². The first-order chi connectivity index (χ1) is 23.4. The van der Waals surface area contributed by atoms with Crippen molar-refractivity contribution in [2.45, 2.75) is 71.1 Å². The van der Waals surface area contributed by atoms with E-state index in [1.807, 2.05) is 105 Å². The van der Waals surface area contributed by atoms with Crippen LogP contribution in [0.2, 0.25) is 0 Å². The molecule has 1 unspecified atom stereocenters. The molecule has 258 valence electrons. The molecule has 0 radical (unpaired) electrons. The van der Waals surface area contributed by atoms with E-state index in [2.05, 4.69) is 97.1 Å². The highest BCUT2D eigenvalue weighted by molar-refractivity contribution is 7.77. The first-order valence-electron chi connectivity index (χ1n) is 16.4. The van der Waals surface area contributed by atoms with Crippen LogP contribution in [-0.4, -0.2) is 19.3 Å². The average Bonchev–Trinajstić information content (AvgIpc) is 3.87. The van der Waals surface area contributed by atoms with Gasteiger partial charge in [-0.1, -0.05) is 59.8 Å². The molecule has 0 aliphatic carbocycles. The normalized spacial score (nSPS) is 13.0. The number of ether oxygens (including phenoxy) is 1. The van der Waals surface area contributed by atoms with Crippen molar-refractivity contribution in [3.63, 3.8) is 0 Å². The quantitative estimate of drug-likeness (QED) is 0.0571. The zero-order valence-electron chi connectivity index (χ0n) is 30.0. The van der Waals surface area contributed by atoms with Crippen LogP contribution >= 0.6 is 16.9 Å². The van der Waals surface area contributed by atoms with Crippen LogP contribution in [0.1, 0.15) is 65.2 Å². The van der Waals surface area contributed by atoms with Crippen molar-refractivity contribution in [3.8, 4) is 23.0 Å². The largest absolute Gasteiger partial charge is 0.444 e. The number of hydrogen-bond donors (Lipinski definition) is 1. The molecule has 0 bridgehead atoms. The minimum atomic E-state index is -1.34. The summed E-state index contributed by atoms with van der Waals surface area (Å²) >= 11 is 1.06. The summed E-state index contributed by atoms with van der Waals surface area (Å²) in [5, 5.41) is 3.48. The number of nitrogens with zero attached hydrogens (tertiary/aromatic N) is 3. The van der Waals surface area contributed by atoms with Crippen molar-refractivity contribution in [2.75, 3.05) is 6.26 Å². The van der Waals surface area contributed by atoms with E-state index in [0.717, 1.165) is 27.8 Å². The topological polar surface area (TPSA) is 54.5 Å². The third-order valence-corrected chi connectivity index (χ3v) is 11.7. The van der Waals surface area contributed by atoms with E-state index >= 15 is 0 Å². The van der Waals surface area contributed by atoms with Gasteiger partial charge >= 0.3 is 16.9 Å². The van der Waals surface area contributed by atoms with E-state index in [0.29, 0.717) is 23.0 Å². The molecule has 0 aliphatic heterocycles. The molecular formula is C39H49N4O3P2S+. The molecule has 5 rings (SSSR count). The van der Waals surface area contributed by atoms with E-state index in [9.17, 15) is 0 Å². The zero-order chi connectivity index (χ0) is 35.2. The second kappa shape index (κ2) is 15.8. The third kappa shape index (κ3) is 9.05. The van der Waals surface area contributed by atoms with Crippen LogP contribution in [0.5, 0.6) is 23.0 Å². The smallest absolute Gasteiger partial charge is 0.317 e. The zero-order valence-corrected chi connectivity index (χ0v) is 32.6. The Morgan fingerprint density at radius 3 is 1.69 bits per heavy atom. The minimum absolute atomic E-state index is 0.100. The van der Waals surface area contributed by atoms with Crippen molar-refractivity contribution >= 4 is 28.7 Å². The molecule has 0 saturated carbocycles. The maximum absolute atomic E-state index is 7.10. The molecule has 0 amide bonds. The molecule has 10 heteroatoms. The van der Waals surface area contributed by atoms with Crippen LogP contribution < -0.4 is 18.9 Å². The predicted octanol–water partition coefficient (Wildman–Crippen LogP) is 11.1. The summed E-state index contributed by atoms with van der Waals surface area (Å²) in [7, 11) is -2.64. The summed E-state index contributed by atoms with van der Waals surface area (Å²) in [6.07, 6.45) is 22.2. The van der Waals surface area contributed by atoms with Crippen molar-refractivity contribution < 1.29 is 13.8 Å². The molecule has 0 aliphatic rings. The number of aromatic nitrogens is 3. The Hall–Kier alpha value is -3.83. The Morgan fingerprint density at radius 2 is 1.18 bits per heavy atom. The second-order valence-electron chi connectivity index (χ2n) is 13.7. The first kappa shape index (κ1) is 36.5. The van der Waals surface area contributed by atoms with Gasteiger partial charge < -0.3 is 18.9 Å². The molecule has 3 aromatic heterocycles. The lowest BCUT2D eigenvalue weighted by Gasteiger charge is -2.27. The summed E-state index contributed by atoms with van der Waals surface area (Å²) in [6, 6.07) is 20.8. The van der Waals surface area contributed by atoms with Crippen LogP contribution in [0.25, 0.3) is 0 Å². The van der Waals surface area contributed by atoms with Gasteiger partial charge in [-0.05, 0) is 96.0 Å². The Morgan fingerprint density at radius 1 is 0.673 bits per heavy atom. The molecule has 1 atom stereocenters. The van der Waals surface area contributed by atoms with E-state index < -0.39 is 16.9 Å². The number of rotatable bonds is 13. The molecule has 3 heterocycles. The van der Waals surface area contributed by atoms with Crippen molar-refractivity contribution in [1.82, 2.24) is 18.1 Å². The highest BCUT2D eigenvalue weighted by Gasteiger charge is 2.30. The van der Waals surface area contributed by atoms with Crippen LogP contribution in [-0.2, 0) is 22.6 Å². The molecule has 1 N–H and O–H groups in total. The molecule has 7 nitrogen and oxygen atoms in total. The molecule has 0 saturated heterocycles. The number of thiol groups is 1. The third-order valence-electron chi connectivity index (χ3n) is 7.77. The highest BCUT2D eigenvalue weighted by Crippen LogP contribution is 2.51. The Kier molecular flexibility index (Phi) is 11.8. The van der Waals surface area contributed by atoms with Gasteiger partial charge in [0.1, 0.15) is 6.26 Å². The highest BCUT2D eigenvalue weighted by atomic mass is 32.2. The summed E-state index contributed by atoms with van der Waals surface area (Å²) in [5.74, 6) is 2.71. The standard InChI is InChI=1S/C39H48N4O3P2S/c1-10-11-12-19-40-47(41-20-13-14-21-41)45-33-27-31(38(3,4)5)26-30(2)36(33)44-37-34(28-32(39(6,7)8)29-35(37)49-9)46-48(42-22-15-16-23-42)43-24-17-18-25-43/h10-29,40H,1-9H3/p+1/b11-10-,19-12-.